The molecule has 0 saturated carbocycles. The van der Waals surface area contributed by atoms with Gasteiger partial charge >= 0.3 is 0 Å². The van der Waals surface area contributed by atoms with E-state index in [0.717, 1.165) is 15.6 Å². The van der Waals surface area contributed by atoms with Gasteiger partial charge in [0.25, 0.3) is 0 Å². The summed E-state index contributed by atoms with van der Waals surface area (Å²) >= 11 is 3.47. The Kier molecular flexibility index (Phi) is 4.67. The van der Waals surface area contributed by atoms with Gasteiger partial charge in [0.15, 0.2) is 0 Å². The fourth-order valence-electron chi connectivity index (χ4n) is 1.80. The molecule has 0 heterocycles. The van der Waals surface area contributed by atoms with Gasteiger partial charge in [-0.05, 0) is 35.4 Å². The van der Waals surface area contributed by atoms with E-state index in [1.807, 2.05) is 30.3 Å². The average Bonchev–Trinajstić information content (AvgIpc) is 2.40. The molecular weight excluding hydrogens is 307 g/mol. The van der Waals surface area contributed by atoms with Crippen molar-refractivity contribution < 1.29 is 4.39 Å². The monoisotopic (exact) mass is 318 g/mol. The van der Waals surface area contributed by atoms with Crippen LogP contribution in [0.1, 0.15) is 16.7 Å². The number of hydrogen-bond acceptors (Lipinski definition) is 2. The summed E-state index contributed by atoms with van der Waals surface area (Å²) in [5, 5.41) is 12.0. The molecule has 0 fully saturated rings. The first-order valence-corrected chi connectivity index (χ1v) is 6.62. The normalized spacial score (nSPS) is 10.2. The molecule has 96 valence electrons. The maximum atomic E-state index is 13.2. The van der Waals surface area contributed by atoms with Crippen molar-refractivity contribution in [2.45, 2.75) is 13.1 Å². The van der Waals surface area contributed by atoms with Crippen LogP contribution in [0.3, 0.4) is 0 Å². The fourth-order valence-corrected chi connectivity index (χ4v) is 2.23. The molecule has 0 radical (unpaired) electrons. The van der Waals surface area contributed by atoms with E-state index in [-0.39, 0.29) is 5.82 Å². The topological polar surface area (TPSA) is 35.8 Å². The largest absolute Gasteiger partial charge is 0.309 e. The van der Waals surface area contributed by atoms with Crippen LogP contribution in [0.15, 0.2) is 46.9 Å². The Balaban J connectivity index is 1.98. The van der Waals surface area contributed by atoms with Crippen molar-refractivity contribution in [1.82, 2.24) is 5.32 Å². The molecule has 0 aliphatic carbocycles. The van der Waals surface area contributed by atoms with Gasteiger partial charge in [-0.1, -0.05) is 34.1 Å². The van der Waals surface area contributed by atoms with Crippen molar-refractivity contribution in [3.8, 4) is 6.07 Å². The highest BCUT2D eigenvalue weighted by Crippen LogP contribution is 2.15. The Labute approximate surface area is 120 Å². The first-order chi connectivity index (χ1) is 9.19. The number of nitriles is 1. The average molecular weight is 319 g/mol. The van der Waals surface area contributed by atoms with Gasteiger partial charge in [-0.25, -0.2) is 4.39 Å². The van der Waals surface area contributed by atoms with Gasteiger partial charge in [0.1, 0.15) is 5.82 Å². The molecule has 0 bridgehead atoms. The summed E-state index contributed by atoms with van der Waals surface area (Å²) in [5.41, 5.74) is 2.25. The number of rotatable bonds is 4. The van der Waals surface area contributed by atoms with E-state index in [4.69, 9.17) is 5.26 Å². The van der Waals surface area contributed by atoms with E-state index >= 15 is 0 Å². The number of hydrogen-bond donors (Lipinski definition) is 1. The van der Waals surface area contributed by atoms with Gasteiger partial charge in [0.2, 0.25) is 0 Å². The van der Waals surface area contributed by atoms with Gasteiger partial charge in [-0.2, -0.15) is 5.26 Å². The quantitative estimate of drug-likeness (QED) is 0.932. The maximum absolute atomic E-state index is 13.2. The molecule has 2 nitrogen and oxygen atoms in total. The Morgan fingerprint density at radius 1 is 1.16 bits per heavy atom. The van der Waals surface area contributed by atoms with Crippen LogP contribution in [0.5, 0.6) is 0 Å². The van der Waals surface area contributed by atoms with Gasteiger partial charge < -0.3 is 5.32 Å². The van der Waals surface area contributed by atoms with Crippen LogP contribution >= 0.6 is 15.9 Å². The molecule has 0 aromatic heterocycles. The van der Waals surface area contributed by atoms with Gasteiger partial charge in [-0.3, -0.25) is 0 Å². The first-order valence-electron chi connectivity index (χ1n) is 5.83. The molecule has 0 atom stereocenters. The number of nitrogens with one attached hydrogen (secondary N) is 1. The minimum absolute atomic E-state index is 0.345. The lowest BCUT2D eigenvalue weighted by atomic mass is 10.1. The highest BCUT2D eigenvalue weighted by atomic mass is 79.9. The molecule has 2 aromatic carbocycles. The molecule has 4 heteroatoms. The second kappa shape index (κ2) is 6.46. The summed E-state index contributed by atoms with van der Waals surface area (Å²) in [6, 6.07) is 14.2. The maximum Gasteiger partial charge on any atom is 0.124 e. The Bertz CT molecular complexity index is 620. The molecule has 0 saturated heterocycles. The Morgan fingerprint density at radius 2 is 1.95 bits per heavy atom. The number of halogens is 2. The third kappa shape index (κ3) is 3.88. The SMILES string of the molecule is N#Cc1cc(F)cc(CNCc2ccccc2Br)c1. The van der Waals surface area contributed by atoms with Gasteiger partial charge in [0.05, 0.1) is 11.6 Å². The summed E-state index contributed by atoms with van der Waals surface area (Å²) in [5.74, 6) is -0.378. The summed E-state index contributed by atoms with van der Waals surface area (Å²) < 4.78 is 14.3. The molecule has 0 aliphatic heterocycles. The predicted octanol–water partition coefficient (Wildman–Crippen LogP) is 3.75. The minimum Gasteiger partial charge on any atom is -0.309 e. The molecule has 0 spiro atoms. The zero-order chi connectivity index (χ0) is 13.7. The lowest BCUT2D eigenvalue weighted by Gasteiger charge is -2.07. The van der Waals surface area contributed by atoms with Gasteiger partial charge in [-0.15, -0.1) is 0 Å². The van der Waals surface area contributed by atoms with Crippen LogP contribution in [0, 0.1) is 17.1 Å². The molecule has 0 unspecified atom stereocenters. The summed E-state index contributed by atoms with van der Waals surface area (Å²) in [4.78, 5) is 0. The molecule has 2 aromatic rings. The van der Waals surface area contributed by atoms with Crippen LogP contribution in [0.2, 0.25) is 0 Å². The zero-order valence-electron chi connectivity index (χ0n) is 10.2. The minimum atomic E-state index is -0.378. The van der Waals surface area contributed by atoms with Crippen LogP contribution in [0.25, 0.3) is 0 Å². The lowest BCUT2D eigenvalue weighted by Crippen LogP contribution is -2.13. The third-order valence-electron chi connectivity index (χ3n) is 2.69. The van der Waals surface area contributed by atoms with E-state index in [2.05, 4.69) is 21.2 Å². The van der Waals surface area contributed by atoms with E-state index in [9.17, 15) is 4.39 Å². The van der Waals surface area contributed by atoms with Crippen molar-refractivity contribution in [1.29, 1.82) is 5.26 Å². The van der Waals surface area contributed by atoms with E-state index in [1.165, 1.54) is 12.1 Å². The Hall–Kier alpha value is -1.70. The lowest BCUT2D eigenvalue weighted by molar-refractivity contribution is 0.619. The zero-order valence-corrected chi connectivity index (χ0v) is 11.7. The molecule has 0 amide bonds. The molecule has 19 heavy (non-hydrogen) atoms. The summed E-state index contributed by atoms with van der Waals surface area (Å²) in [7, 11) is 0. The molecule has 2 rings (SSSR count). The predicted molar refractivity (Wildman–Crippen MR) is 75.8 cm³/mol. The van der Waals surface area contributed by atoms with Crippen molar-refractivity contribution in [3.05, 3.63) is 69.4 Å². The number of nitrogens with zero attached hydrogens (tertiary/aromatic N) is 1. The third-order valence-corrected chi connectivity index (χ3v) is 3.46. The van der Waals surface area contributed by atoms with Crippen molar-refractivity contribution in [2.24, 2.45) is 0 Å². The second-order valence-electron chi connectivity index (χ2n) is 4.15. The molecule has 0 aliphatic rings. The smallest absolute Gasteiger partial charge is 0.124 e. The highest BCUT2D eigenvalue weighted by molar-refractivity contribution is 9.10. The van der Waals surface area contributed by atoms with Crippen LogP contribution in [-0.2, 0) is 13.1 Å². The van der Waals surface area contributed by atoms with Crippen molar-refractivity contribution >= 4 is 15.9 Å². The molecule has 1 N–H and O–H groups in total. The molecular formula is C15H12BrFN2. The van der Waals surface area contributed by atoms with Crippen molar-refractivity contribution in [3.63, 3.8) is 0 Å². The van der Waals surface area contributed by atoms with E-state index in [1.54, 1.807) is 6.07 Å². The number of benzene rings is 2. The second-order valence-corrected chi connectivity index (χ2v) is 5.01. The standard InChI is InChI=1S/C15H12BrFN2/c16-15-4-2-1-3-13(15)10-19-9-12-5-11(8-18)6-14(17)7-12/h1-7,19H,9-10H2. The van der Waals surface area contributed by atoms with Crippen molar-refractivity contribution in [2.75, 3.05) is 0 Å². The Morgan fingerprint density at radius 3 is 2.68 bits per heavy atom. The summed E-state index contributed by atoms with van der Waals surface area (Å²) in [6.07, 6.45) is 0. The van der Waals surface area contributed by atoms with Crippen LogP contribution in [0.4, 0.5) is 4.39 Å². The van der Waals surface area contributed by atoms with Gasteiger partial charge in [0, 0.05) is 17.6 Å². The van der Waals surface area contributed by atoms with Crippen LogP contribution in [-0.4, -0.2) is 0 Å². The van der Waals surface area contributed by atoms with E-state index in [0.29, 0.717) is 18.7 Å². The van der Waals surface area contributed by atoms with Crippen LogP contribution < -0.4 is 5.32 Å². The summed E-state index contributed by atoms with van der Waals surface area (Å²) in [6.45, 7) is 1.20. The fraction of sp³-hybridized carbons (Fsp3) is 0.133. The van der Waals surface area contributed by atoms with E-state index < -0.39 is 0 Å². The highest BCUT2D eigenvalue weighted by Gasteiger charge is 2.02. The first kappa shape index (κ1) is 13.7.